The minimum Gasteiger partial charge on any atom is -0.458 e. The molecule has 2 aromatic rings. The number of ketones is 1. The molecule has 0 N–H and O–H groups in total. The van der Waals surface area contributed by atoms with Gasteiger partial charge in [-0.3, -0.25) is 4.79 Å². The number of hydrogen-bond acceptors (Lipinski definition) is 3. The highest BCUT2D eigenvalue weighted by Crippen LogP contribution is 2.30. The monoisotopic (exact) mass is 307 g/mol. The van der Waals surface area contributed by atoms with Crippen molar-refractivity contribution in [1.82, 2.24) is 0 Å². The first-order valence-electron chi connectivity index (χ1n) is 6.04. The lowest BCUT2D eigenvalue weighted by Gasteiger charge is -2.09. The minimum absolute atomic E-state index is 0.166. The van der Waals surface area contributed by atoms with E-state index in [0.717, 1.165) is 0 Å². The highest BCUT2D eigenvalue weighted by atomic mass is 35.5. The van der Waals surface area contributed by atoms with Gasteiger partial charge in [-0.15, -0.1) is 0 Å². The van der Waals surface area contributed by atoms with E-state index < -0.39 is 11.7 Å². The van der Waals surface area contributed by atoms with Gasteiger partial charge >= 0.3 is 0 Å². The molecule has 0 aliphatic rings. The number of halogens is 2. The summed E-state index contributed by atoms with van der Waals surface area (Å²) in [6.45, 7) is 1.92. The van der Waals surface area contributed by atoms with Gasteiger partial charge in [0.1, 0.15) is 11.7 Å². The Hall–Kier alpha value is -1.76. The molecular weight excluding hydrogens is 297 g/mol. The van der Waals surface area contributed by atoms with Crippen LogP contribution in [0.2, 0.25) is 10.0 Å². The number of rotatable bonds is 4. The second-order valence-electron chi connectivity index (χ2n) is 4.21. The summed E-state index contributed by atoms with van der Waals surface area (Å²) in [6, 6.07) is 9.96. The summed E-state index contributed by atoms with van der Waals surface area (Å²) < 4.78 is 5.39. The number of carbonyl (C=O) groups is 1. The first-order chi connectivity index (χ1) is 9.56. The van der Waals surface area contributed by atoms with E-state index in [9.17, 15) is 10.1 Å². The van der Waals surface area contributed by atoms with E-state index in [-0.39, 0.29) is 5.76 Å². The second kappa shape index (κ2) is 6.13. The Balaban J connectivity index is 2.37. The first-order valence-corrected chi connectivity index (χ1v) is 6.80. The van der Waals surface area contributed by atoms with Crippen molar-refractivity contribution in [3.05, 3.63) is 57.5 Å². The average Bonchev–Trinajstić information content (AvgIpc) is 2.90. The van der Waals surface area contributed by atoms with Gasteiger partial charge in [-0.05, 0) is 29.8 Å². The van der Waals surface area contributed by atoms with Gasteiger partial charge < -0.3 is 4.42 Å². The second-order valence-corrected chi connectivity index (χ2v) is 5.06. The third kappa shape index (κ3) is 2.87. The predicted octanol–water partition coefficient (Wildman–Crippen LogP) is 4.64. The average molecular weight is 308 g/mol. The molecule has 0 aliphatic heterocycles. The SMILES string of the molecule is CCc1ccc(C(=O)C(C#N)c2ccc(Cl)cc2Cl)o1. The van der Waals surface area contributed by atoms with Crippen LogP contribution in [0.4, 0.5) is 0 Å². The number of Topliss-reactive ketones (excluding diaryl/α,β-unsaturated/α-hetero) is 1. The van der Waals surface area contributed by atoms with Crippen LogP contribution < -0.4 is 0 Å². The maximum absolute atomic E-state index is 12.3. The van der Waals surface area contributed by atoms with Crippen LogP contribution in [0.1, 0.15) is 34.7 Å². The van der Waals surface area contributed by atoms with Crippen molar-refractivity contribution in [2.45, 2.75) is 19.3 Å². The molecule has 0 spiro atoms. The van der Waals surface area contributed by atoms with E-state index in [4.69, 9.17) is 27.6 Å². The maximum atomic E-state index is 12.3. The summed E-state index contributed by atoms with van der Waals surface area (Å²) in [5.74, 6) is -0.543. The molecule has 5 heteroatoms. The number of nitriles is 1. The Morgan fingerprint density at radius 3 is 2.65 bits per heavy atom. The van der Waals surface area contributed by atoms with Crippen molar-refractivity contribution in [2.24, 2.45) is 0 Å². The Labute approximate surface area is 126 Å². The van der Waals surface area contributed by atoms with E-state index in [0.29, 0.717) is 27.8 Å². The molecular formula is C15H11Cl2NO2. The zero-order valence-corrected chi connectivity index (χ0v) is 12.2. The molecule has 1 heterocycles. The van der Waals surface area contributed by atoms with Crippen LogP contribution in [0.25, 0.3) is 0 Å². The Kier molecular flexibility index (Phi) is 4.49. The molecule has 0 radical (unpaired) electrons. The van der Waals surface area contributed by atoms with Crippen LogP contribution in [-0.4, -0.2) is 5.78 Å². The zero-order valence-electron chi connectivity index (χ0n) is 10.7. The minimum atomic E-state index is -1.00. The summed E-state index contributed by atoms with van der Waals surface area (Å²) in [5, 5.41) is 10.0. The topological polar surface area (TPSA) is 54.0 Å². The van der Waals surface area contributed by atoms with Gasteiger partial charge in [-0.2, -0.15) is 5.26 Å². The number of benzene rings is 1. The largest absolute Gasteiger partial charge is 0.458 e. The fourth-order valence-electron chi connectivity index (χ4n) is 1.85. The molecule has 1 unspecified atom stereocenters. The van der Waals surface area contributed by atoms with Crippen molar-refractivity contribution in [1.29, 1.82) is 5.26 Å². The summed E-state index contributed by atoms with van der Waals surface area (Å²) in [7, 11) is 0. The van der Waals surface area contributed by atoms with Crippen LogP contribution in [0.3, 0.4) is 0 Å². The highest BCUT2D eigenvalue weighted by Gasteiger charge is 2.26. The van der Waals surface area contributed by atoms with Crippen LogP contribution in [0.5, 0.6) is 0 Å². The normalized spacial score (nSPS) is 11.9. The number of furan rings is 1. The lowest BCUT2D eigenvalue weighted by Crippen LogP contribution is -2.11. The van der Waals surface area contributed by atoms with Gasteiger partial charge in [-0.1, -0.05) is 36.2 Å². The first kappa shape index (κ1) is 14.6. The standard InChI is InChI=1S/C15H11Cl2NO2/c1-2-10-4-6-14(20-10)15(19)12(8-18)11-5-3-9(16)7-13(11)17/h3-7,12H,2H2,1H3. The van der Waals surface area contributed by atoms with Crippen LogP contribution in [-0.2, 0) is 6.42 Å². The summed E-state index contributed by atoms with van der Waals surface area (Å²) in [6.07, 6.45) is 0.687. The molecule has 0 saturated heterocycles. The molecule has 102 valence electrons. The number of nitrogens with zero attached hydrogens (tertiary/aromatic N) is 1. The lowest BCUT2D eigenvalue weighted by molar-refractivity contribution is 0.0950. The van der Waals surface area contributed by atoms with Crippen molar-refractivity contribution < 1.29 is 9.21 Å². The number of carbonyl (C=O) groups excluding carboxylic acids is 1. The summed E-state index contributed by atoms with van der Waals surface area (Å²) in [5.41, 5.74) is 0.429. The Morgan fingerprint density at radius 2 is 2.10 bits per heavy atom. The van der Waals surface area contributed by atoms with Gasteiger partial charge in [-0.25, -0.2) is 0 Å². The lowest BCUT2D eigenvalue weighted by atomic mass is 9.95. The van der Waals surface area contributed by atoms with Gasteiger partial charge in [0.15, 0.2) is 5.76 Å². The molecule has 1 aromatic heterocycles. The fraction of sp³-hybridized carbons (Fsp3) is 0.200. The zero-order chi connectivity index (χ0) is 14.7. The molecule has 20 heavy (non-hydrogen) atoms. The quantitative estimate of drug-likeness (QED) is 0.773. The molecule has 2 rings (SSSR count). The van der Waals surface area contributed by atoms with Gasteiger partial charge in [0.2, 0.25) is 5.78 Å². The van der Waals surface area contributed by atoms with E-state index in [2.05, 4.69) is 0 Å². The molecule has 1 aromatic carbocycles. The number of hydrogen-bond donors (Lipinski definition) is 0. The van der Waals surface area contributed by atoms with Crippen molar-refractivity contribution >= 4 is 29.0 Å². The van der Waals surface area contributed by atoms with E-state index in [1.54, 1.807) is 24.3 Å². The predicted molar refractivity (Wildman–Crippen MR) is 77.2 cm³/mol. The molecule has 0 amide bonds. The molecule has 0 aliphatic carbocycles. The summed E-state index contributed by atoms with van der Waals surface area (Å²) >= 11 is 11.9. The highest BCUT2D eigenvalue weighted by molar-refractivity contribution is 6.35. The fourth-order valence-corrected chi connectivity index (χ4v) is 2.37. The molecule has 0 bridgehead atoms. The van der Waals surface area contributed by atoms with E-state index in [1.165, 1.54) is 6.07 Å². The van der Waals surface area contributed by atoms with E-state index in [1.807, 2.05) is 13.0 Å². The van der Waals surface area contributed by atoms with Crippen LogP contribution in [0, 0.1) is 11.3 Å². The number of aryl methyl sites for hydroxylation is 1. The molecule has 3 nitrogen and oxygen atoms in total. The van der Waals surface area contributed by atoms with Crippen molar-refractivity contribution in [2.75, 3.05) is 0 Å². The van der Waals surface area contributed by atoms with Crippen LogP contribution in [0.15, 0.2) is 34.7 Å². The van der Waals surface area contributed by atoms with Gasteiger partial charge in [0.05, 0.1) is 6.07 Å². The van der Waals surface area contributed by atoms with Crippen LogP contribution >= 0.6 is 23.2 Å². The van der Waals surface area contributed by atoms with Crippen molar-refractivity contribution in [3.63, 3.8) is 0 Å². The maximum Gasteiger partial charge on any atom is 0.219 e. The summed E-state index contributed by atoms with van der Waals surface area (Å²) in [4.78, 5) is 12.3. The van der Waals surface area contributed by atoms with Gasteiger partial charge in [0.25, 0.3) is 0 Å². The molecule has 1 atom stereocenters. The smallest absolute Gasteiger partial charge is 0.219 e. The third-order valence-electron chi connectivity index (χ3n) is 2.92. The Bertz CT molecular complexity index is 685. The van der Waals surface area contributed by atoms with Gasteiger partial charge in [0, 0.05) is 16.5 Å². The molecule has 0 fully saturated rings. The Morgan fingerprint density at radius 1 is 1.35 bits per heavy atom. The third-order valence-corrected chi connectivity index (χ3v) is 3.48. The van der Waals surface area contributed by atoms with Crippen molar-refractivity contribution in [3.8, 4) is 6.07 Å². The molecule has 0 saturated carbocycles. The van der Waals surface area contributed by atoms with E-state index >= 15 is 0 Å².